The first-order valence-corrected chi connectivity index (χ1v) is 9.16. The van der Waals surface area contributed by atoms with E-state index in [0.29, 0.717) is 18.1 Å². The van der Waals surface area contributed by atoms with Crippen LogP contribution >= 0.6 is 0 Å². The van der Waals surface area contributed by atoms with Crippen molar-refractivity contribution in [1.29, 1.82) is 0 Å². The summed E-state index contributed by atoms with van der Waals surface area (Å²) in [6.07, 6.45) is 2.74. The lowest BCUT2D eigenvalue weighted by atomic mass is 10.1. The molecule has 0 saturated carbocycles. The SMILES string of the molecule is CN(C)C1CCN(C(=O)c2ccc(Cn3cnc4cc(F)ccc43)cc2)C1. The number of imidazole rings is 1. The highest BCUT2D eigenvalue weighted by Crippen LogP contribution is 2.19. The van der Waals surface area contributed by atoms with Crippen LogP contribution in [0.4, 0.5) is 4.39 Å². The summed E-state index contributed by atoms with van der Waals surface area (Å²) in [4.78, 5) is 21.1. The third kappa shape index (κ3) is 3.57. The van der Waals surface area contributed by atoms with E-state index in [2.05, 4.69) is 24.0 Å². The maximum absolute atomic E-state index is 13.3. The first-order chi connectivity index (χ1) is 13.0. The lowest BCUT2D eigenvalue weighted by Crippen LogP contribution is -2.34. The van der Waals surface area contributed by atoms with Crippen LogP contribution in [-0.2, 0) is 6.54 Å². The number of hydrogen-bond donors (Lipinski definition) is 0. The Labute approximate surface area is 158 Å². The molecule has 1 aliphatic rings. The molecule has 4 rings (SSSR count). The maximum Gasteiger partial charge on any atom is 0.253 e. The molecule has 27 heavy (non-hydrogen) atoms. The first kappa shape index (κ1) is 17.7. The monoisotopic (exact) mass is 366 g/mol. The van der Waals surface area contributed by atoms with Crippen LogP contribution in [0.5, 0.6) is 0 Å². The second-order valence-corrected chi connectivity index (χ2v) is 7.36. The van der Waals surface area contributed by atoms with E-state index in [1.54, 1.807) is 12.4 Å². The minimum Gasteiger partial charge on any atom is -0.337 e. The van der Waals surface area contributed by atoms with Gasteiger partial charge in [-0.3, -0.25) is 4.79 Å². The van der Waals surface area contributed by atoms with E-state index in [1.165, 1.54) is 12.1 Å². The van der Waals surface area contributed by atoms with Crippen molar-refractivity contribution in [3.63, 3.8) is 0 Å². The Kier molecular flexibility index (Phi) is 4.66. The minimum absolute atomic E-state index is 0.0921. The fraction of sp³-hybridized carbons (Fsp3) is 0.333. The molecular weight excluding hydrogens is 343 g/mol. The lowest BCUT2D eigenvalue weighted by molar-refractivity contribution is 0.0783. The third-order valence-electron chi connectivity index (χ3n) is 5.32. The highest BCUT2D eigenvalue weighted by molar-refractivity contribution is 5.94. The summed E-state index contributed by atoms with van der Waals surface area (Å²) in [5, 5.41) is 0. The van der Waals surface area contributed by atoms with Gasteiger partial charge in [0, 0.05) is 37.3 Å². The van der Waals surface area contributed by atoms with Crippen LogP contribution < -0.4 is 0 Å². The zero-order valence-corrected chi connectivity index (χ0v) is 15.6. The quantitative estimate of drug-likeness (QED) is 0.713. The summed E-state index contributed by atoms with van der Waals surface area (Å²) < 4.78 is 15.3. The molecule has 1 saturated heterocycles. The molecule has 5 nitrogen and oxygen atoms in total. The largest absolute Gasteiger partial charge is 0.337 e. The number of halogens is 1. The van der Waals surface area contributed by atoms with Gasteiger partial charge in [0.25, 0.3) is 5.91 Å². The zero-order chi connectivity index (χ0) is 19.0. The highest BCUT2D eigenvalue weighted by Gasteiger charge is 2.27. The fourth-order valence-electron chi connectivity index (χ4n) is 3.64. The van der Waals surface area contributed by atoms with Crippen molar-refractivity contribution in [1.82, 2.24) is 19.4 Å². The van der Waals surface area contributed by atoms with Gasteiger partial charge in [0.05, 0.1) is 17.4 Å². The highest BCUT2D eigenvalue weighted by atomic mass is 19.1. The van der Waals surface area contributed by atoms with Gasteiger partial charge in [0.15, 0.2) is 0 Å². The van der Waals surface area contributed by atoms with E-state index >= 15 is 0 Å². The lowest BCUT2D eigenvalue weighted by Gasteiger charge is -2.20. The molecule has 0 spiro atoms. The van der Waals surface area contributed by atoms with Gasteiger partial charge >= 0.3 is 0 Å². The second-order valence-electron chi connectivity index (χ2n) is 7.36. The molecule has 1 atom stereocenters. The number of carbonyl (C=O) groups excluding carboxylic acids is 1. The van der Waals surface area contributed by atoms with Crippen LogP contribution in [0.1, 0.15) is 22.3 Å². The molecule has 3 aromatic rings. The van der Waals surface area contributed by atoms with Gasteiger partial charge in [-0.15, -0.1) is 0 Å². The van der Waals surface area contributed by atoms with E-state index < -0.39 is 0 Å². The molecule has 1 amide bonds. The third-order valence-corrected chi connectivity index (χ3v) is 5.32. The second kappa shape index (κ2) is 7.12. The Morgan fingerprint density at radius 2 is 2.00 bits per heavy atom. The Morgan fingerprint density at radius 3 is 2.70 bits per heavy atom. The van der Waals surface area contributed by atoms with E-state index in [0.717, 1.165) is 36.2 Å². The van der Waals surface area contributed by atoms with Crippen LogP contribution in [0.15, 0.2) is 48.8 Å². The van der Waals surface area contributed by atoms with Crippen LogP contribution in [0.2, 0.25) is 0 Å². The van der Waals surface area contributed by atoms with Gasteiger partial charge < -0.3 is 14.4 Å². The van der Waals surface area contributed by atoms with Crippen molar-refractivity contribution < 1.29 is 9.18 Å². The maximum atomic E-state index is 13.3. The van der Waals surface area contributed by atoms with Crippen LogP contribution in [0, 0.1) is 5.82 Å². The Balaban J connectivity index is 1.46. The predicted molar refractivity (Wildman–Crippen MR) is 103 cm³/mol. The van der Waals surface area contributed by atoms with Gasteiger partial charge in [0.1, 0.15) is 5.82 Å². The first-order valence-electron chi connectivity index (χ1n) is 9.16. The number of aromatic nitrogens is 2. The normalized spacial score (nSPS) is 17.2. The molecule has 2 heterocycles. The molecule has 0 aliphatic carbocycles. The molecular formula is C21H23FN4O. The van der Waals surface area contributed by atoms with Crippen molar-refractivity contribution in [2.24, 2.45) is 0 Å². The average molecular weight is 366 g/mol. The van der Waals surface area contributed by atoms with Crippen LogP contribution in [0.3, 0.4) is 0 Å². The van der Waals surface area contributed by atoms with Crippen molar-refractivity contribution in [2.75, 3.05) is 27.2 Å². The van der Waals surface area contributed by atoms with Gasteiger partial charge in [-0.25, -0.2) is 9.37 Å². The smallest absolute Gasteiger partial charge is 0.253 e. The summed E-state index contributed by atoms with van der Waals surface area (Å²) in [5.41, 5.74) is 3.33. The number of likely N-dealkylation sites (N-methyl/N-ethyl adjacent to an activating group) is 1. The van der Waals surface area contributed by atoms with Crippen molar-refractivity contribution in [3.8, 4) is 0 Å². The summed E-state index contributed by atoms with van der Waals surface area (Å²) >= 11 is 0. The minimum atomic E-state index is -0.283. The molecule has 0 radical (unpaired) electrons. The average Bonchev–Trinajstić information content (AvgIpc) is 3.29. The fourth-order valence-corrected chi connectivity index (χ4v) is 3.64. The van der Waals surface area contributed by atoms with Crippen molar-refractivity contribution >= 4 is 16.9 Å². The van der Waals surface area contributed by atoms with E-state index in [-0.39, 0.29) is 11.7 Å². The van der Waals surface area contributed by atoms with Crippen LogP contribution in [0.25, 0.3) is 11.0 Å². The van der Waals surface area contributed by atoms with Gasteiger partial charge in [-0.05, 0) is 50.3 Å². The standard InChI is InChI=1S/C21H23FN4O/c1-24(2)18-9-10-25(13-18)21(27)16-5-3-15(4-6-16)12-26-14-23-19-11-17(22)7-8-20(19)26/h3-8,11,14,18H,9-10,12-13H2,1-2H3. The summed E-state index contributed by atoms with van der Waals surface area (Å²) in [5.74, 6) is -0.191. The number of rotatable bonds is 4. The van der Waals surface area contributed by atoms with Gasteiger partial charge in [-0.2, -0.15) is 0 Å². The summed E-state index contributed by atoms with van der Waals surface area (Å²) in [7, 11) is 4.11. The number of hydrogen-bond acceptors (Lipinski definition) is 3. The van der Waals surface area contributed by atoms with Gasteiger partial charge in [0.2, 0.25) is 0 Å². The Bertz CT molecular complexity index is 964. The molecule has 1 fully saturated rings. The van der Waals surface area contributed by atoms with E-state index in [1.807, 2.05) is 33.7 Å². The van der Waals surface area contributed by atoms with E-state index in [9.17, 15) is 9.18 Å². The van der Waals surface area contributed by atoms with E-state index in [4.69, 9.17) is 0 Å². The molecule has 2 aromatic carbocycles. The number of fused-ring (bicyclic) bond motifs is 1. The Hall–Kier alpha value is -2.73. The van der Waals surface area contributed by atoms with Gasteiger partial charge in [-0.1, -0.05) is 12.1 Å². The predicted octanol–water partition coefficient (Wildman–Crippen LogP) is 3.00. The zero-order valence-electron chi connectivity index (χ0n) is 15.6. The molecule has 0 bridgehead atoms. The number of amides is 1. The van der Waals surface area contributed by atoms with Crippen molar-refractivity contribution in [3.05, 3.63) is 65.7 Å². The summed E-state index contributed by atoms with van der Waals surface area (Å²) in [6.45, 7) is 2.22. The molecule has 1 aliphatic heterocycles. The summed E-state index contributed by atoms with van der Waals surface area (Å²) in [6, 6.07) is 12.8. The molecule has 1 unspecified atom stereocenters. The number of nitrogens with zero attached hydrogens (tertiary/aromatic N) is 4. The molecule has 6 heteroatoms. The number of benzene rings is 2. The topological polar surface area (TPSA) is 41.4 Å². The molecule has 0 N–H and O–H groups in total. The van der Waals surface area contributed by atoms with Crippen molar-refractivity contribution in [2.45, 2.75) is 19.0 Å². The molecule has 140 valence electrons. The number of likely N-dealkylation sites (tertiary alicyclic amines) is 1. The number of carbonyl (C=O) groups is 1. The Morgan fingerprint density at radius 1 is 1.22 bits per heavy atom. The van der Waals surface area contributed by atoms with Crippen LogP contribution in [-0.4, -0.2) is 58.5 Å². The molecule has 1 aromatic heterocycles.